The summed E-state index contributed by atoms with van der Waals surface area (Å²) in [5, 5.41) is 0. The lowest BCUT2D eigenvalue weighted by Gasteiger charge is -2.34. The maximum atomic E-state index is 3.46. The molecule has 0 atom stereocenters. The van der Waals surface area contributed by atoms with Crippen LogP contribution in [0.25, 0.3) is 0 Å². The van der Waals surface area contributed by atoms with Gasteiger partial charge in [0, 0.05) is 0 Å². The van der Waals surface area contributed by atoms with Crippen LogP contribution >= 0.6 is 0 Å². The first-order chi connectivity index (χ1) is 7.79. The third-order valence-corrected chi connectivity index (χ3v) is 3.47. The molecule has 0 heteroatoms. The van der Waals surface area contributed by atoms with Gasteiger partial charge in [-0.25, -0.2) is 0 Å². The topological polar surface area (TPSA) is 0 Å². The zero-order valence-corrected chi connectivity index (χ0v) is 11.1. The first-order valence-electron chi connectivity index (χ1n) is 6.76. The zero-order chi connectivity index (χ0) is 11.9. The van der Waals surface area contributed by atoms with Crippen molar-refractivity contribution in [3.8, 4) is 0 Å². The minimum Gasteiger partial charge on any atom is -0.0654 e. The Kier molecular flexibility index (Phi) is 5.59. The van der Waals surface area contributed by atoms with Crippen LogP contribution in [0.3, 0.4) is 0 Å². The van der Waals surface area contributed by atoms with Crippen molar-refractivity contribution >= 4 is 0 Å². The van der Waals surface area contributed by atoms with Gasteiger partial charge in [-0.1, -0.05) is 64.3 Å². The quantitative estimate of drug-likeness (QED) is 0.594. The summed E-state index contributed by atoms with van der Waals surface area (Å²) < 4.78 is 0. The fraction of sp³-hybridized carbons (Fsp3) is 0.625. The highest BCUT2D eigenvalue weighted by molar-refractivity contribution is 5.24. The Labute approximate surface area is 101 Å². The van der Waals surface area contributed by atoms with Gasteiger partial charge in [-0.15, -0.1) is 0 Å². The molecule has 0 amide bonds. The summed E-state index contributed by atoms with van der Waals surface area (Å²) >= 11 is 0. The number of benzene rings is 1. The molecule has 0 heterocycles. The van der Waals surface area contributed by atoms with Crippen molar-refractivity contribution in [3.05, 3.63) is 35.9 Å². The highest BCUT2D eigenvalue weighted by atomic mass is 14.3. The molecule has 1 aromatic carbocycles. The van der Waals surface area contributed by atoms with Gasteiger partial charge in [-0.05, 0) is 36.3 Å². The molecule has 0 spiro atoms. The summed E-state index contributed by atoms with van der Waals surface area (Å²) in [5.41, 5.74) is 1.82. The molecule has 1 aromatic rings. The van der Waals surface area contributed by atoms with E-state index in [2.05, 4.69) is 51.1 Å². The molecule has 0 aliphatic rings. The second-order valence-corrected chi connectivity index (χ2v) is 4.81. The van der Waals surface area contributed by atoms with E-state index in [4.69, 9.17) is 0 Å². The maximum absolute atomic E-state index is 3.46. The molecular weight excluding hydrogens is 192 g/mol. The maximum Gasteiger partial charge on any atom is -0.00411 e. The van der Waals surface area contributed by atoms with Crippen molar-refractivity contribution in [2.45, 2.75) is 64.7 Å². The van der Waals surface area contributed by atoms with E-state index in [0.717, 1.165) is 0 Å². The van der Waals surface area contributed by atoms with Gasteiger partial charge >= 0.3 is 0 Å². The average Bonchev–Trinajstić information content (AvgIpc) is 2.31. The monoisotopic (exact) mass is 217 g/mol. The summed E-state index contributed by atoms with van der Waals surface area (Å²) in [6, 6.07) is 12.0. The molecule has 0 aliphatic carbocycles. The van der Waals surface area contributed by atoms with Crippen molar-refractivity contribution in [2.24, 2.45) is 0 Å². The van der Waals surface area contributed by atoms with Gasteiger partial charge < -0.3 is 0 Å². The van der Waals surface area contributed by atoms with Crippen molar-refractivity contribution in [1.29, 1.82) is 0 Å². The number of rotatable bonds is 7. The van der Waals surface area contributed by atoms with Gasteiger partial charge in [0.25, 0.3) is 0 Å². The zero-order valence-electron chi connectivity index (χ0n) is 11.1. The van der Waals surface area contributed by atoms with Crippen LogP contribution in [-0.4, -0.2) is 0 Å². The first kappa shape index (κ1) is 13.3. The van der Waals surface area contributed by atoms with Crippen LogP contribution in [0.5, 0.6) is 0 Å². The van der Waals surface area contributed by atoms with Crippen LogP contribution in [0.2, 0.25) is 0 Å². The fourth-order valence-electron chi connectivity index (χ4n) is 2.94. The molecule has 0 unspecified atom stereocenters. The summed E-state index contributed by atoms with van der Waals surface area (Å²) in [5.74, 6) is 0. The second kappa shape index (κ2) is 6.73. The second-order valence-electron chi connectivity index (χ2n) is 4.81. The number of hydrogen-bond acceptors (Lipinski definition) is 0. The van der Waals surface area contributed by atoms with Crippen LogP contribution in [-0.2, 0) is 5.41 Å². The van der Waals surface area contributed by atoms with E-state index in [-0.39, 0.29) is 0 Å². The highest BCUT2D eigenvalue weighted by Crippen LogP contribution is 2.38. The molecule has 0 fully saturated rings. The molecule has 0 nitrogen and oxygen atoms in total. The van der Waals surface area contributed by atoms with Crippen LogP contribution in [0, 0.1) is 6.07 Å². The molecule has 0 saturated carbocycles. The Balaban J connectivity index is 2.99. The van der Waals surface area contributed by atoms with Crippen molar-refractivity contribution in [1.82, 2.24) is 0 Å². The van der Waals surface area contributed by atoms with Crippen LogP contribution < -0.4 is 0 Å². The van der Waals surface area contributed by atoms with E-state index >= 15 is 0 Å². The summed E-state index contributed by atoms with van der Waals surface area (Å²) in [6.45, 7) is 6.88. The van der Waals surface area contributed by atoms with E-state index in [0.29, 0.717) is 5.41 Å². The van der Waals surface area contributed by atoms with Gasteiger partial charge in [-0.3, -0.25) is 0 Å². The molecule has 16 heavy (non-hydrogen) atoms. The Bertz CT molecular complexity index is 256. The van der Waals surface area contributed by atoms with Crippen LogP contribution in [0.15, 0.2) is 24.3 Å². The largest absolute Gasteiger partial charge is 0.0654 e. The third-order valence-electron chi connectivity index (χ3n) is 3.47. The first-order valence-corrected chi connectivity index (χ1v) is 6.76. The fourth-order valence-corrected chi connectivity index (χ4v) is 2.94. The Morgan fingerprint density at radius 3 is 1.88 bits per heavy atom. The minimum atomic E-state index is 0.388. The van der Waals surface area contributed by atoms with Crippen LogP contribution in [0.4, 0.5) is 0 Å². The summed E-state index contributed by atoms with van der Waals surface area (Å²) in [4.78, 5) is 0. The molecule has 0 bridgehead atoms. The molecule has 0 saturated heterocycles. The third kappa shape index (κ3) is 3.10. The molecular formula is C16H25. The minimum absolute atomic E-state index is 0.388. The van der Waals surface area contributed by atoms with Gasteiger partial charge in [0.05, 0.1) is 0 Å². The van der Waals surface area contributed by atoms with Gasteiger partial charge in [0.1, 0.15) is 0 Å². The van der Waals surface area contributed by atoms with Gasteiger partial charge in [0.15, 0.2) is 0 Å². The van der Waals surface area contributed by atoms with Gasteiger partial charge in [0.2, 0.25) is 0 Å². The normalized spacial score (nSPS) is 11.7. The molecule has 0 aromatic heterocycles. The van der Waals surface area contributed by atoms with Crippen molar-refractivity contribution < 1.29 is 0 Å². The highest BCUT2D eigenvalue weighted by Gasteiger charge is 2.29. The molecule has 1 radical (unpaired) electrons. The van der Waals surface area contributed by atoms with Crippen molar-refractivity contribution in [3.63, 3.8) is 0 Å². The predicted molar refractivity (Wildman–Crippen MR) is 71.7 cm³/mol. The van der Waals surface area contributed by atoms with E-state index in [1.54, 1.807) is 0 Å². The average molecular weight is 217 g/mol. The standard InChI is InChI=1S/C16H25/c1-4-12-16(13-5-2,14-6-3)15-10-8-7-9-11-15/h7-10H,4-6,12-14H2,1-3H3. The lowest BCUT2D eigenvalue weighted by molar-refractivity contribution is 0.326. The summed E-state index contributed by atoms with van der Waals surface area (Å²) in [6.07, 6.45) is 7.70. The van der Waals surface area contributed by atoms with Crippen molar-refractivity contribution in [2.75, 3.05) is 0 Å². The predicted octanol–water partition coefficient (Wildman–Crippen LogP) is 5.12. The number of hydrogen-bond donors (Lipinski definition) is 0. The Morgan fingerprint density at radius 1 is 0.938 bits per heavy atom. The lowest BCUT2D eigenvalue weighted by Crippen LogP contribution is -2.25. The molecule has 0 N–H and O–H groups in total. The Hall–Kier alpha value is -0.780. The van der Waals surface area contributed by atoms with E-state index in [9.17, 15) is 0 Å². The molecule has 1 rings (SSSR count). The Morgan fingerprint density at radius 2 is 1.50 bits per heavy atom. The van der Waals surface area contributed by atoms with E-state index < -0.39 is 0 Å². The lowest BCUT2D eigenvalue weighted by atomic mass is 9.70. The summed E-state index contributed by atoms with van der Waals surface area (Å²) in [7, 11) is 0. The van der Waals surface area contributed by atoms with Crippen LogP contribution in [0.1, 0.15) is 64.9 Å². The van der Waals surface area contributed by atoms with E-state index in [1.165, 1.54) is 44.1 Å². The van der Waals surface area contributed by atoms with Gasteiger partial charge in [-0.2, -0.15) is 0 Å². The van der Waals surface area contributed by atoms with E-state index in [1.807, 2.05) is 0 Å². The molecule has 0 aliphatic heterocycles. The smallest absolute Gasteiger partial charge is 0.00411 e. The molecule has 89 valence electrons. The SMILES string of the molecule is CCCC(CCC)(CCC)c1[c]cccc1.